The standard InChI is InChI=1S/C13H24N2/c1-9(2)11(4)12(5)14-13-8-7-10(3)15(13)6/h9-10H,7-8H2,1-6H3/b12-11-,14-13?. The van der Waals surface area contributed by atoms with E-state index in [9.17, 15) is 0 Å². The molecule has 1 heterocycles. The smallest absolute Gasteiger partial charge is 0.104 e. The molecule has 0 spiro atoms. The van der Waals surface area contributed by atoms with Gasteiger partial charge >= 0.3 is 0 Å². The van der Waals surface area contributed by atoms with E-state index in [-0.39, 0.29) is 0 Å². The van der Waals surface area contributed by atoms with E-state index in [0.29, 0.717) is 12.0 Å². The van der Waals surface area contributed by atoms with Gasteiger partial charge in [0.15, 0.2) is 0 Å². The van der Waals surface area contributed by atoms with Crippen molar-refractivity contribution in [1.29, 1.82) is 0 Å². The molecule has 15 heavy (non-hydrogen) atoms. The molecule has 0 N–H and O–H groups in total. The van der Waals surface area contributed by atoms with Gasteiger partial charge in [-0.25, -0.2) is 4.99 Å². The zero-order valence-corrected chi connectivity index (χ0v) is 11.0. The lowest BCUT2D eigenvalue weighted by Gasteiger charge is -2.18. The average Bonchev–Trinajstić information content (AvgIpc) is 2.48. The normalized spacial score (nSPS) is 26.5. The van der Waals surface area contributed by atoms with E-state index in [0.717, 1.165) is 6.42 Å². The van der Waals surface area contributed by atoms with Gasteiger partial charge in [-0.1, -0.05) is 13.8 Å². The predicted molar refractivity (Wildman–Crippen MR) is 67.1 cm³/mol. The number of hydrogen-bond donors (Lipinski definition) is 0. The first kappa shape index (κ1) is 12.3. The molecular formula is C13H24N2. The molecule has 0 saturated carbocycles. The number of allylic oxidation sites excluding steroid dienone is 2. The summed E-state index contributed by atoms with van der Waals surface area (Å²) in [5.74, 6) is 1.85. The van der Waals surface area contributed by atoms with Crippen molar-refractivity contribution in [2.45, 2.75) is 53.5 Å². The van der Waals surface area contributed by atoms with E-state index < -0.39 is 0 Å². The molecule has 0 aromatic carbocycles. The molecule has 0 bridgehead atoms. The molecule has 1 aliphatic rings. The minimum absolute atomic E-state index is 0.596. The molecule has 2 nitrogen and oxygen atoms in total. The molecule has 0 aromatic rings. The second kappa shape index (κ2) is 4.82. The largest absolute Gasteiger partial charge is 0.360 e. The van der Waals surface area contributed by atoms with Gasteiger partial charge in [0.05, 0.1) is 0 Å². The first-order valence-corrected chi connectivity index (χ1v) is 5.91. The third-order valence-electron chi connectivity index (χ3n) is 3.59. The van der Waals surface area contributed by atoms with Crippen LogP contribution in [0.1, 0.15) is 47.5 Å². The summed E-state index contributed by atoms with van der Waals surface area (Å²) in [5.41, 5.74) is 2.59. The van der Waals surface area contributed by atoms with Crippen molar-refractivity contribution in [1.82, 2.24) is 4.90 Å². The Balaban J connectivity index is 2.84. The van der Waals surface area contributed by atoms with Crippen molar-refractivity contribution in [3.05, 3.63) is 11.3 Å². The molecule has 1 saturated heterocycles. The van der Waals surface area contributed by atoms with Crippen molar-refractivity contribution in [2.24, 2.45) is 10.9 Å². The quantitative estimate of drug-likeness (QED) is 0.678. The molecule has 1 fully saturated rings. The molecule has 0 radical (unpaired) electrons. The number of nitrogens with zero attached hydrogens (tertiary/aromatic N) is 2. The van der Waals surface area contributed by atoms with Gasteiger partial charge in [0.2, 0.25) is 0 Å². The Bertz CT molecular complexity index is 287. The van der Waals surface area contributed by atoms with Gasteiger partial charge < -0.3 is 4.90 Å². The molecule has 0 aliphatic carbocycles. The van der Waals surface area contributed by atoms with Crippen LogP contribution in [0.25, 0.3) is 0 Å². The number of amidine groups is 1. The third-order valence-corrected chi connectivity index (χ3v) is 3.59. The minimum atomic E-state index is 0.596. The molecule has 1 unspecified atom stereocenters. The molecule has 1 rings (SSSR count). The molecule has 2 heteroatoms. The minimum Gasteiger partial charge on any atom is -0.360 e. The maximum Gasteiger partial charge on any atom is 0.104 e. The number of likely N-dealkylation sites (tertiary alicyclic amines) is 1. The zero-order valence-electron chi connectivity index (χ0n) is 11.0. The first-order valence-electron chi connectivity index (χ1n) is 5.91. The van der Waals surface area contributed by atoms with Crippen molar-refractivity contribution < 1.29 is 0 Å². The summed E-state index contributed by atoms with van der Waals surface area (Å²) in [7, 11) is 2.15. The fourth-order valence-electron chi connectivity index (χ4n) is 1.80. The van der Waals surface area contributed by atoms with Crippen LogP contribution in [0.3, 0.4) is 0 Å². The van der Waals surface area contributed by atoms with Gasteiger partial charge in [-0.2, -0.15) is 0 Å². The maximum absolute atomic E-state index is 4.75. The van der Waals surface area contributed by atoms with Gasteiger partial charge in [-0.05, 0) is 38.7 Å². The number of hydrogen-bond acceptors (Lipinski definition) is 1. The van der Waals surface area contributed by atoms with Crippen LogP contribution in [0.4, 0.5) is 0 Å². The summed E-state index contributed by atoms with van der Waals surface area (Å²) in [6, 6.07) is 0.649. The Morgan fingerprint density at radius 3 is 2.40 bits per heavy atom. The van der Waals surface area contributed by atoms with Gasteiger partial charge in [0.1, 0.15) is 5.84 Å². The van der Waals surface area contributed by atoms with Gasteiger partial charge in [0, 0.05) is 25.2 Å². The van der Waals surface area contributed by atoms with Crippen LogP contribution >= 0.6 is 0 Å². The van der Waals surface area contributed by atoms with Crippen LogP contribution in [0, 0.1) is 5.92 Å². The lowest BCUT2D eigenvalue weighted by atomic mass is 10.0. The summed E-state index contributed by atoms with van der Waals surface area (Å²) >= 11 is 0. The molecule has 0 amide bonds. The lowest BCUT2D eigenvalue weighted by Crippen LogP contribution is -2.26. The van der Waals surface area contributed by atoms with E-state index in [2.05, 4.69) is 46.6 Å². The lowest BCUT2D eigenvalue weighted by molar-refractivity contribution is 0.423. The van der Waals surface area contributed by atoms with E-state index in [1.807, 2.05) is 0 Å². The first-order chi connectivity index (χ1) is 6.93. The van der Waals surface area contributed by atoms with Crippen molar-refractivity contribution in [3.8, 4) is 0 Å². The highest BCUT2D eigenvalue weighted by atomic mass is 15.2. The fourth-order valence-corrected chi connectivity index (χ4v) is 1.80. The second-order valence-electron chi connectivity index (χ2n) is 4.95. The summed E-state index contributed by atoms with van der Waals surface area (Å²) in [6.07, 6.45) is 2.36. The van der Waals surface area contributed by atoms with Crippen LogP contribution in [0.5, 0.6) is 0 Å². The van der Waals surface area contributed by atoms with Gasteiger partial charge in [-0.15, -0.1) is 0 Å². The van der Waals surface area contributed by atoms with Crippen LogP contribution in [0.2, 0.25) is 0 Å². The highest BCUT2D eigenvalue weighted by Crippen LogP contribution is 2.21. The van der Waals surface area contributed by atoms with E-state index in [4.69, 9.17) is 4.99 Å². The molecule has 86 valence electrons. The molecule has 0 aromatic heterocycles. The molecule has 1 aliphatic heterocycles. The third kappa shape index (κ3) is 2.83. The van der Waals surface area contributed by atoms with Crippen LogP contribution in [0.15, 0.2) is 16.3 Å². The Morgan fingerprint density at radius 1 is 1.40 bits per heavy atom. The maximum atomic E-state index is 4.75. The summed E-state index contributed by atoms with van der Waals surface area (Å²) < 4.78 is 0. The second-order valence-corrected chi connectivity index (χ2v) is 4.95. The summed E-state index contributed by atoms with van der Waals surface area (Å²) in [4.78, 5) is 7.05. The number of aliphatic imine (C=N–C) groups is 1. The Kier molecular flexibility index (Phi) is 3.95. The van der Waals surface area contributed by atoms with E-state index in [1.54, 1.807) is 0 Å². The van der Waals surface area contributed by atoms with Crippen LogP contribution < -0.4 is 0 Å². The van der Waals surface area contributed by atoms with E-state index >= 15 is 0 Å². The zero-order chi connectivity index (χ0) is 11.6. The molecule has 1 atom stereocenters. The SMILES string of the molecule is C/C(N=C1CCC(C)N1C)=C(\C)C(C)C. The highest BCUT2D eigenvalue weighted by Gasteiger charge is 2.21. The van der Waals surface area contributed by atoms with E-state index in [1.165, 1.54) is 23.5 Å². The van der Waals surface area contributed by atoms with Crippen molar-refractivity contribution >= 4 is 5.84 Å². The monoisotopic (exact) mass is 208 g/mol. The van der Waals surface area contributed by atoms with Gasteiger partial charge in [0.25, 0.3) is 0 Å². The van der Waals surface area contributed by atoms with Crippen molar-refractivity contribution in [2.75, 3.05) is 7.05 Å². The van der Waals surface area contributed by atoms with Crippen molar-refractivity contribution in [3.63, 3.8) is 0 Å². The summed E-state index contributed by atoms with van der Waals surface area (Å²) in [5, 5.41) is 0. The predicted octanol–water partition coefficient (Wildman–Crippen LogP) is 3.45. The Hall–Kier alpha value is -0.790. The van der Waals surface area contributed by atoms with Crippen LogP contribution in [-0.2, 0) is 0 Å². The molecular weight excluding hydrogens is 184 g/mol. The Labute approximate surface area is 94.1 Å². The summed E-state index contributed by atoms with van der Waals surface area (Å²) in [6.45, 7) is 11.0. The Morgan fingerprint density at radius 2 is 2.00 bits per heavy atom. The van der Waals surface area contributed by atoms with Crippen LogP contribution in [-0.4, -0.2) is 23.8 Å². The average molecular weight is 208 g/mol. The topological polar surface area (TPSA) is 15.6 Å². The highest BCUT2D eigenvalue weighted by molar-refractivity contribution is 5.85. The number of rotatable bonds is 2. The fraction of sp³-hybridized carbons (Fsp3) is 0.769. The van der Waals surface area contributed by atoms with Gasteiger partial charge in [-0.3, -0.25) is 0 Å².